The molecule has 1 atom stereocenters. The van der Waals surface area contributed by atoms with Crippen molar-refractivity contribution in [3.63, 3.8) is 0 Å². The van der Waals surface area contributed by atoms with Gasteiger partial charge in [0, 0.05) is 13.1 Å². The summed E-state index contributed by atoms with van der Waals surface area (Å²) in [5, 5.41) is 7.09. The average Bonchev–Trinajstić information content (AvgIpc) is 3.14. The number of ether oxygens (including phenoxy) is 1. The lowest BCUT2D eigenvalue weighted by Gasteiger charge is -2.33. The van der Waals surface area contributed by atoms with Gasteiger partial charge in [-0.2, -0.15) is 4.98 Å². The van der Waals surface area contributed by atoms with Crippen molar-refractivity contribution in [2.75, 3.05) is 13.1 Å². The van der Waals surface area contributed by atoms with Crippen molar-refractivity contribution < 1.29 is 14.1 Å². The van der Waals surface area contributed by atoms with E-state index < -0.39 is 0 Å². The Hall–Kier alpha value is -2.57. The average molecular weight is 372 g/mol. The zero-order valence-electron chi connectivity index (χ0n) is 16.3. The van der Waals surface area contributed by atoms with Crippen molar-refractivity contribution >= 4 is 6.03 Å². The number of aryl methyl sites for hydroxylation is 1. The van der Waals surface area contributed by atoms with E-state index in [0.717, 1.165) is 25.0 Å². The second-order valence-electron chi connectivity index (χ2n) is 7.43. The predicted octanol–water partition coefficient (Wildman–Crippen LogP) is 3.85. The van der Waals surface area contributed by atoms with Gasteiger partial charge in [-0.05, 0) is 44.2 Å². The van der Waals surface area contributed by atoms with Gasteiger partial charge in [0.1, 0.15) is 5.75 Å². The topological polar surface area (TPSA) is 80.5 Å². The third kappa shape index (κ3) is 5.21. The highest BCUT2D eigenvalue weighted by molar-refractivity contribution is 5.74. The van der Waals surface area contributed by atoms with Gasteiger partial charge in [-0.15, -0.1) is 0 Å². The lowest BCUT2D eigenvalue weighted by molar-refractivity contribution is 0.145. The lowest BCUT2D eigenvalue weighted by atomic mass is 10.0. The normalized spacial score (nSPS) is 17.2. The summed E-state index contributed by atoms with van der Waals surface area (Å²) in [4.78, 5) is 18.8. The van der Waals surface area contributed by atoms with Crippen LogP contribution in [0.15, 0.2) is 28.8 Å². The fourth-order valence-corrected chi connectivity index (χ4v) is 3.08. The summed E-state index contributed by atoms with van der Waals surface area (Å²) >= 11 is 0. The van der Waals surface area contributed by atoms with Crippen molar-refractivity contribution in [2.24, 2.45) is 5.92 Å². The minimum Gasteiger partial charge on any atom is -0.484 e. The van der Waals surface area contributed by atoms with E-state index in [4.69, 9.17) is 9.26 Å². The first kappa shape index (κ1) is 19.2. The van der Waals surface area contributed by atoms with Crippen LogP contribution in [0, 0.1) is 12.8 Å². The van der Waals surface area contributed by atoms with Crippen LogP contribution in [-0.4, -0.2) is 34.2 Å². The van der Waals surface area contributed by atoms with Crippen molar-refractivity contribution in [3.05, 3.63) is 41.5 Å². The molecule has 0 bridgehead atoms. The Morgan fingerprint density at radius 3 is 2.85 bits per heavy atom. The molecular formula is C20H28N4O3. The van der Waals surface area contributed by atoms with E-state index in [1.807, 2.05) is 36.1 Å². The fourth-order valence-electron chi connectivity index (χ4n) is 3.08. The summed E-state index contributed by atoms with van der Waals surface area (Å²) in [6.07, 6.45) is 2.88. The fraction of sp³-hybridized carbons (Fsp3) is 0.550. The molecule has 0 saturated carbocycles. The summed E-state index contributed by atoms with van der Waals surface area (Å²) in [7, 11) is 0. The highest BCUT2D eigenvalue weighted by Gasteiger charge is 2.31. The Morgan fingerprint density at radius 1 is 1.33 bits per heavy atom. The monoisotopic (exact) mass is 372 g/mol. The van der Waals surface area contributed by atoms with Crippen molar-refractivity contribution in [2.45, 2.75) is 52.7 Å². The maximum Gasteiger partial charge on any atom is 0.318 e. The predicted molar refractivity (Wildman–Crippen MR) is 101 cm³/mol. The largest absolute Gasteiger partial charge is 0.484 e. The molecule has 1 fully saturated rings. The van der Waals surface area contributed by atoms with Crippen LogP contribution in [0.5, 0.6) is 5.75 Å². The molecule has 146 valence electrons. The molecule has 27 heavy (non-hydrogen) atoms. The van der Waals surface area contributed by atoms with E-state index in [2.05, 4.69) is 29.3 Å². The lowest BCUT2D eigenvalue weighted by Crippen LogP contribution is -2.45. The van der Waals surface area contributed by atoms with Crippen LogP contribution in [0.3, 0.4) is 0 Å². The molecule has 2 amide bonds. The van der Waals surface area contributed by atoms with Gasteiger partial charge >= 0.3 is 6.03 Å². The molecule has 7 nitrogen and oxygen atoms in total. The molecule has 1 unspecified atom stereocenters. The third-order valence-electron chi connectivity index (χ3n) is 4.59. The molecule has 0 spiro atoms. The number of hydrogen-bond acceptors (Lipinski definition) is 5. The molecule has 0 aliphatic carbocycles. The third-order valence-corrected chi connectivity index (χ3v) is 4.59. The molecule has 1 aromatic carbocycles. The van der Waals surface area contributed by atoms with Crippen LogP contribution in [0.4, 0.5) is 4.79 Å². The maximum absolute atomic E-state index is 12.5. The number of likely N-dealkylation sites (tertiary alicyclic amines) is 1. The molecule has 1 aliphatic rings. The minimum absolute atomic E-state index is 0.0596. The zero-order chi connectivity index (χ0) is 19.2. The van der Waals surface area contributed by atoms with E-state index in [0.29, 0.717) is 30.7 Å². The summed E-state index contributed by atoms with van der Waals surface area (Å²) in [5.74, 6) is 2.14. The number of amides is 2. The molecule has 3 rings (SSSR count). The second-order valence-corrected chi connectivity index (χ2v) is 7.43. The SMILES string of the molecule is Cc1ccc(OCc2nc(C3CCCCN3C(=O)NCC(C)C)no2)cc1. The number of piperidine rings is 1. The van der Waals surface area contributed by atoms with Gasteiger partial charge in [-0.1, -0.05) is 36.7 Å². The van der Waals surface area contributed by atoms with Gasteiger partial charge in [0.2, 0.25) is 0 Å². The molecule has 1 aliphatic heterocycles. The summed E-state index contributed by atoms with van der Waals surface area (Å²) in [6.45, 7) is 7.76. The molecule has 7 heteroatoms. The van der Waals surface area contributed by atoms with Crippen LogP contribution in [-0.2, 0) is 6.61 Å². The van der Waals surface area contributed by atoms with Gasteiger partial charge in [0.15, 0.2) is 12.4 Å². The Bertz CT molecular complexity index is 742. The molecule has 2 heterocycles. The van der Waals surface area contributed by atoms with Crippen molar-refractivity contribution in [1.29, 1.82) is 0 Å². The van der Waals surface area contributed by atoms with Crippen LogP contribution in [0.1, 0.15) is 56.4 Å². The number of nitrogens with zero attached hydrogens (tertiary/aromatic N) is 3. The van der Waals surface area contributed by atoms with Crippen LogP contribution in [0.2, 0.25) is 0 Å². The number of carbonyl (C=O) groups is 1. The summed E-state index contributed by atoms with van der Waals surface area (Å²) < 4.78 is 11.0. The highest BCUT2D eigenvalue weighted by atomic mass is 16.5. The van der Waals surface area contributed by atoms with Crippen LogP contribution in [0.25, 0.3) is 0 Å². The number of urea groups is 1. The van der Waals surface area contributed by atoms with E-state index >= 15 is 0 Å². The minimum atomic E-state index is -0.150. The number of benzene rings is 1. The first-order valence-corrected chi connectivity index (χ1v) is 9.59. The van der Waals surface area contributed by atoms with Crippen molar-refractivity contribution in [1.82, 2.24) is 20.4 Å². The number of rotatable bonds is 6. The van der Waals surface area contributed by atoms with Crippen LogP contribution >= 0.6 is 0 Å². The Balaban J connectivity index is 1.62. The summed E-state index contributed by atoms with van der Waals surface area (Å²) in [5.41, 5.74) is 1.18. The van der Waals surface area contributed by atoms with E-state index in [9.17, 15) is 4.79 Å². The Labute approximate surface area is 160 Å². The number of carbonyl (C=O) groups excluding carboxylic acids is 1. The van der Waals surface area contributed by atoms with Crippen LogP contribution < -0.4 is 10.1 Å². The molecule has 1 N–H and O–H groups in total. The van der Waals surface area contributed by atoms with Gasteiger partial charge in [0.25, 0.3) is 5.89 Å². The smallest absolute Gasteiger partial charge is 0.318 e. The van der Waals surface area contributed by atoms with Gasteiger partial charge in [-0.3, -0.25) is 0 Å². The molecule has 2 aromatic rings. The second kappa shape index (κ2) is 8.88. The molecule has 1 aromatic heterocycles. The van der Waals surface area contributed by atoms with Gasteiger partial charge in [0.05, 0.1) is 6.04 Å². The molecule has 0 radical (unpaired) electrons. The number of nitrogens with one attached hydrogen (secondary N) is 1. The van der Waals surface area contributed by atoms with Crippen molar-refractivity contribution in [3.8, 4) is 5.75 Å². The van der Waals surface area contributed by atoms with E-state index in [1.165, 1.54) is 5.56 Å². The standard InChI is InChI=1S/C20H28N4O3/c1-14(2)12-21-20(25)24-11-5-4-6-17(24)19-22-18(27-23-19)13-26-16-9-7-15(3)8-10-16/h7-10,14,17H,4-6,11-13H2,1-3H3,(H,21,25). The first-order valence-electron chi connectivity index (χ1n) is 9.59. The van der Waals surface area contributed by atoms with Gasteiger partial charge in [-0.25, -0.2) is 4.79 Å². The number of hydrogen-bond donors (Lipinski definition) is 1. The van der Waals surface area contributed by atoms with E-state index in [1.54, 1.807) is 0 Å². The van der Waals surface area contributed by atoms with E-state index in [-0.39, 0.29) is 18.7 Å². The quantitative estimate of drug-likeness (QED) is 0.833. The summed E-state index contributed by atoms with van der Waals surface area (Å²) in [6, 6.07) is 7.59. The van der Waals surface area contributed by atoms with Gasteiger partial charge < -0.3 is 19.5 Å². The number of aromatic nitrogens is 2. The maximum atomic E-state index is 12.5. The Morgan fingerprint density at radius 2 is 2.11 bits per heavy atom. The molecular weight excluding hydrogens is 344 g/mol. The first-order chi connectivity index (χ1) is 13.0. The zero-order valence-corrected chi connectivity index (χ0v) is 16.3. The Kier molecular flexibility index (Phi) is 6.32. The molecule has 1 saturated heterocycles. The highest BCUT2D eigenvalue weighted by Crippen LogP contribution is 2.29.